The molecule has 0 saturated carbocycles. The zero-order valence-corrected chi connectivity index (χ0v) is 12.7. The third-order valence-corrected chi connectivity index (χ3v) is 5.08. The molecule has 1 rings (SSSR count). The van der Waals surface area contributed by atoms with Gasteiger partial charge in [-0.15, -0.1) is 0 Å². The normalized spacial score (nSPS) is 12.1. The molecule has 0 amide bonds. The second-order valence-corrected chi connectivity index (χ2v) is 10.9. The molecule has 0 aliphatic heterocycles. The number of benzene rings is 1. The second kappa shape index (κ2) is 6.33. The van der Waals surface area contributed by atoms with Gasteiger partial charge in [0.1, 0.15) is 0 Å². The van der Waals surface area contributed by atoms with Gasteiger partial charge in [-0.25, -0.2) is 0 Å². The summed E-state index contributed by atoms with van der Waals surface area (Å²) in [6.07, 6.45) is 1.07. The molecule has 96 valence electrons. The predicted octanol–water partition coefficient (Wildman–Crippen LogP) is 2.01. The number of hydrogen-bond acceptors (Lipinski definition) is 2. The average molecular weight is 250 g/mol. The molecule has 0 atom stereocenters. The van der Waals surface area contributed by atoms with Crippen molar-refractivity contribution in [3.63, 3.8) is 0 Å². The minimum absolute atomic E-state index is 0.777. The van der Waals surface area contributed by atoms with E-state index in [4.69, 9.17) is 5.73 Å². The van der Waals surface area contributed by atoms with E-state index in [0.29, 0.717) is 0 Å². The highest BCUT2D eigenvalue weighted by Gasteiger charge is 2.15. The minimum Gasteiger partial charge on any atom is -0.330 e. The SMILES string of the molecule is CN(CCCN)Cc1ccc([Si](C)(C)C)cc1. The molecule has 0 spiro atoms. The highest BCUT2D eigenvalue weighted by molar-refractivity contribution is 6.88. The third kappa shape index (κ3) is 5.02. The van der Waals surface area contributed by atoms with E-state index in [1.54, 1.807) is 0 Å². The van der Waals surface area contributed by atoms with Crippen molar-refractivity contribution in [2.24, 2.45) is 5.73 Å². The molecule has 0 bridgehead atoms. The molecule has 2 nitrogen and oxygen atoms in total. The summed E-state index contributed by atoms with van der Waals surface area (Å²) in [5.41, 5.74) is 6.91. The third-order valence-electron chi connectivity index (χ3n) is 3.02. The Hall–Kier alpha value is -0.643. The van der Waals surface area contributed by atoms with Crippen molar-refractivity contribution in [3.05, 3.63) is 29.8 Å². The lowest BCUT2D eigenvalue weighted by Crippen LogP contribution is -2.37. The van der Waals surface area contributed by atoms with Gasteiger partial charge in [-0.3, -0.25) is 0 Å². The van der Waals surface area contributed by atoms with Gasteiger partial charge in [-0.05, 0) is 32.1 Å². The summed E-state index contributed by atoms with van der Waals surface area (Å²) in [6, 6.07) is 9.15. The van der Waals surface area contributed by atoms with E-state index in [1.165, 1.54) is 10.8 Å². The van der Waals surface area contributed by atoms with Crippen LogP contribution in [0.15, 0.2) is 24.3 Å². The van der Waals surface area contributed by atoms with E-state index in [9.17, 15) is 0 Å². The fraction of sp³-hybridized carbons (Fsp3) is 0.571. The summed E-state index contributed by atoms with van der Waals surface area (Å²) < 4.78 is 0. The Kier molecular flexibility index (Phi) is 5.37. The van der Waals surface area contributed by atoms with Crippen molar-refractivity contribution in [1.82, 2.24) is 4.90 Å². The van der Waals surface area contributed by atoms with Gasteiger partial charge < -0.3 is 10.6 Å². The van der Waals surface area contributed by atoms with E-state index in [1.807, 2.05) is 0 Å². The molecule has 2 N–H and O–H groups in total. The average Bonchev–Trinajstić information content (AvgIpc) is 2.26. The summed E-state index contributed by atoms with van der Waals surface area (Å²) in [7, 11) is 1.01. The Bertz CT molecular complexity index is 327. The molecule has 0 heterocycles. The van der Waals surface area contributed by atoms with Gasteiger partial charge >= 0.3 is 0 Å². The van der Waals surface area contributed by atoms with Crippen LogP contribution in [0.1, 0.15) is 12.0 Å². The van der Waals surface area contributed by atoms with Crippen LogP contribution < -0.4 is 10.9 Å². The number of rotatable bonds is 6. The fourth-order valence-electron chi connectivity index (χ4n) is 1.86. The molecule has 0 saturated heterocycles. The maximum atomic E-state index is 5.52. The van der Waals surface area contributed by atoms with E-state index < -0.39 is 8.07 Å². The van der Waals surface area contributed by atoms with Gasteiger partial charge in [-0.2, -0.15) is 0 Å². The van der Waals surface area contributed by atoms with Crippen molar-refractivity contribution in [1.29, 1.82) is 0 Å². The van der Waals surface area contributed by atoms with Gasteiger partial charge in [0.15, 0.2) is 0 Å². The van der Waals surface area contributed by atoms with Gasteiger partial charge in [0, 0.05) is 6.54 Å². The maximum absolute atomic E-state index is 5.52. The Morgan fingerprint density at radius 3 is 2.18 bits per heavy atom. The molecule has 0 aromatic heterocycles. The Morgan fingerprint density at radius 2 is 1.71 bits per heavy atom. The highest BCUT2D eigenvalue weighted by Crippen LogP contribution is 2.06. The Balaban J connectivity index is 2.56. The van der Waals surface area contributed by atoms with E-state index in [0.717, 1.165) is 26.1 Å². The summed E-state index contributed by atoms with van der Waals surface area (Å²) in [5.74, 6) is 0. The fourth-order valence-corrected chi connectivity index (χ4v) is 3.03. The van der Waals surface area contributed by atoms with Crippen molar-refractivity contribution < 1.29 is 0 Å². The van der Waals surface area contributed by atoms with Crippen LogP contribution in [-0.2, 0) is 6.54 Å². The van der Waals surface area contributed by atoms with E-state index in [-0.39, 0.29) is 0 Å². The number of nitrogens with two attached hydrogens (primary N) is 1. The van der Waals surface area contributed by atoms with Gasteiger partial charge in [0.05, 0.1) is 8.07 Å². The molecule has 3 heteroatoms. The summed E-state index contributed by atoms with van der Waals surface area (Å²) >= 11 is 0. The molecular formula is C14H26N2Si. The van der Waals surface area contributed by atoms with Crippen molar-refractivity contribution in [2.45, 2.75) is 32.6 Å². The van der Waals surface area contributed by atoms with Crippen LogP contribution in [-0.4, -0.2) is 33.1 Å². The zero-order chi connectivity index (χ0) is 12.9. The predicted molar refractivity (Wildman–Crippen MR) is 79.4 cm³/mol. The molecule has 17 heavy (non-hydrogen) atoms. The zero-order valence-electron chi connectivity index (χ0n) is 11.7. The minimum atomic E-state index is -1.15. The van der Waals surface area contributed by atoms with Crippen LogP contribution in [0, 0.1) is 0 Å². The monoisotopic (exact) mass is 250 g/mol. The summed E-state index contributed by atoms with van der Waals surface area (Å²) in [6.45, 7) is 10.0. The lowest BCUT2D eigenvalue weighted by atomic mass is 10.2. The first-order valence-corrected chi connectivity index (χ1v) is 9.91. The van der Waals surface area contributed by atoms with Crippen LogP contribution in [0.5, 0.6) is 0 Å². The molecule has 0 aliphatic rings. The van der Waals surface area contributed by atoms with Gasteiger partial charge in [0.2, 0.25) is 0 Å². The maximum Gasteiger partial charge on any atom is 0.0775 e. The largest absolute Gasteiger partial charge is 0.330 e. The van der Waals surface area contributed by atoms with Crippen LogP contribution in [0.3, 0.4) is 0 Å². The molecule has 0 radical (unpaired) electrons. The van der Waals surface area contributed by atoms with Gasteiger partial charge in [-0.1, -0.05) is 49.1 Å². The smallest absolute Gasteiger partial charge is 0.0775 e. The quantitative estimate of drug-likeness (QED) is 0.783. The first kappa shape index (κ1) is 14.4. The number of hydrogen-bond donors (Lipinski definition) is 1. The van der Waals surface area contributed by atoms with E-state index in [2.05, 4.69) is 55.9 Å². The topological polar surface area (TPSA) is 29.3 Å². The number of nitrogens with zero attached hydrogens (tertiary/aromatic N) is 1. The van der Waals surface area contributed by atoms with E-state index >= 15 is 0 Å². The summed E-state index contributed by atoms with van der Waals surface area (Å²) in [5, 5.41) is 1.53. The summed E-state index contributed by atoms with van der Waals surface area (Å²) in [4.78, 5) is 2.33. The van der Waals surface area contributed by atoms with Crippen LogP contribution in [0.4, 0.5) is 0 Å². The molecule has 0 fully saturated rings. The van der Waals surface area contributed by atoms with Crippen LogP contribution in [0.25, 0.3) is 0 Å². The Labute approximate surface area is 107 Å². The lowest BCUT2D eigenvalue weighted by Gasteiger charge is -2.19. The second-order valence-electron chi connectivity index (χ2n) is 5.83. The molecule has 0 aliphatic carbocycles. The van der Waals surface area contributed by atoms with Crippen molar-refractivity contribution in [3.8, 4) is 0 Å². The van der Waals surface area contributed by atoms with Crippen molar-refractivity contribution in [2.75, 3.05) is 20.1 Å². The molecular weight excluding hydrogens is 224 g/mol. The van der Waals surface area contributed by atoms with Crippen molar-refractivity contribution >= 4 is 13.3 Å². The first-order valence-electron chi connectivity index (χ1n) is 6.41. The molecule has 1 aromatic carbocycles. The highest BCUT2D eigenvalue weighted by atomic mass is 28.3. The lowest BCUT2D eigenvalue weighted by molar-refractivity contribution is 0.324. The molecule has 1 aromatic rings. The van der Waals surface area contributed by atoms with Crippen LogP contribution in [0.2, 0.25) is 19.6 Å². The Morgan fingerprint density at radius 1 is 1.12 bits per heavy atom. The first-order chi connectivity index (χ1) is 7.93. The molecule has 0 unspecified atom stereocenters. The van der Waals surface area contributed by atoms with Crippen LogP contribution >= 0.6 is 0 Å². The standard InChI is InChI=1S/C14H26N2Si/c1-16(11-5-10-15)12-13-6-8-14(9-7-13)17(2,3)4/h6-9H,5,10-12,15H2,1-4H3. The van der Waals surface area contributed by atoms with Gasteiger partial charge in [0.25, 0.3) is 0 Å².